The third-order valence-electron chi connectivity index (χ3n) is 4.36. The van der Waals surface area contributed by atoms with Gasteiger partial charge in [-0.2, -0.15) is 0 Å². The quantitative estimate of drug-likeness (QED) is 0.418. The van der Waals surface area contributed by atoms with Crippen LogP contribution >= 0.6 is 22.7 Å². The van der Waals surface area contributed by atoms with E-state index in [4.69, 9.17) is 14.2 Å². The maximum Gasteiger partial charge on any atom is 0.251 e. The van der Waals surface area contributed by atoms with E-state index in [1.54, 1.807) is 34.8 Å². The van der Waals surface area contributed by atoms with Crippen molar-refractivity contribution in [1.29, 1.82) is 0 Å². The highest BCUT2D eigenvalue weighted by Gasteiger charge is 2.18. The van der Waals surface area contributed by atoms with E-state index in [-0.39, 0.29) is 5.91 Å². The van der Waals surface area contributed by atoms with Crippen molar-refractivity contribution in [2.45, 2.75) is 34.1 Å². The summed E-state index contributed by atoms with van der Waals surface area (Å²) in [5.74, 6) is 1.40. The molecule has 0 radical (unpaired) electrons. The summed E-state index contributed by atoms with van der Waals surface area (Å²) in [4.78, 5) is 19.7. The van der Waals surface area contributed by atoms with Gasteiger partial charge in [0.05, 0.1) is 35.4 Å². The second kappa shape index (κ2) is 11.2. The van der Waals surface area contributed by atoms with Gasteiger partial charge in [-0.15, -0.1) is 22.7 Å². The summed E-state index contributed by atoms with van der Waals surface area (Å²) in [5.41, 5.74) is 1.50. The van der Waals surface area contributed by atoms with Crippen LogP contribution in [-0.2, 0) is 6.42 Å². The standard InChI is InChI=1S/C23H28N2O4S2/c1-5-27-19-12-16(13-20(28-6-2)22(19)29-7-3)23(26)24-11-10-17-8-9-21(31-17)18-14-30-15(4)25-18/h8-9,12-14H,5-7,10-11H2,1-4H3,(H,24,26). The van der Waals surface area contributed by atoms with Crippen molar-refractivity contribution >= 4 is 28.6 Å². The number of hydrogen-bond acceptors (Lipinski definition) is 7. The molecule has 0 aliphatic carbocycles. The topological polar surface area (TPSA) is 69.7 Å². The van der Waals surface area contributed by atoms with Gasteiger partial charge < -0.3 is 19.5 Å². The van der Waals surface area contributed by atoms with Gasteiger partial charge in [0.1, 0.15) is 0 Å². The number of thiazole rings is 1. The number of rotatable bonds is 11. The Hall–Kier alpha value is -2.58. The fraction of sp³-hybridized carbons (Fsp3) is 0.391. The van der Waals surface area contributed by atoms with E-state index < -0.39 is 0 Å². The van der Waals surface area contributed by atoms with Crippen molar-refractivity contribution in [1.82, 2.24) is 10.3 Å². The summed E-state index contributed by atoms with van der Waals surface area (Å²) in [6.07, 6.45) is 0.757. The Morgan fingerprint density at radius 3 is 2.29 bits per heavy atom. The summed E-state index contributed by atoms with van der Waals surface area (Å²) in [7, 11) is 0. The molecule has 1 amide bonds. The number of hydrogen-bond donors (Lipinski definition) is 1. The molecule has 0 saturated carbocycles. The Bertz CT molecular complexity index is 986. The highest BCUT2D eigenvalue weighted by molar-refractivity contribution is 7.16. The van der Waals surface area contributed by atoms with Crippen molar-refractivity contribution in [2.24, 2.45) is 0 Å². The zero-order chi connectivity index (χ0) is 22.2. The number of nitrogens with zero attached hydrogens (tertiary/aromatic N) is 1. The number of thiophene rings is 1. The van der Waals surface area contributed by atoms with Crippen LogP contribution in [0.3, 0.4) is 0 Å². The van der Waals surface area contributed by atoms with Crippen molar-refractivity contribution in [3.8, 4) is 27.8 Å². The van der Waals surface area contributed by atoms with Gasteiger partial charge >= 0.3 is 0 Å². The first kappa shape index (κ1) is 23.1. The molecule has 0 atom stereocenters. The number of aromatic nitrogens is 1. The molecule has 6 nitrogen and oxygen atoms in total. The van der Waals surface area contributed by atoms with Crippen molar-refractivity contribution in [3.63, 3.8) is 0 Å². The number of carbonyl (C=O) groups excluding carboxylic acids is 1. The highest BCUT2D eigenvalue weighted by atomic mass is 32.1. The lowest BCUT2D eigenvalue weighted by Gasteiger charge is -2.17. The molecular formula is C23H28N2O4S2. The highest BCUT2D eigenvalue weighted by Crippen LogP contribution is 2.39. The maximum absolute atomic E-state index is 12.8. The second-order valence-electron chi connectivity index (χ2n) is 6.62. The van der Waals surface area contributed by atoms with Crippen LogP contribution in [0.15, 0.2) is 29.6 Å². The predicted molar refractivity (Wildman–Crippen MR) is 126 cm³/mol. The van der Waals surface area contributed by atoms with E-state index in [9.17, 15) is 4.79 Å². The van der Waals surface area contributed by atoms with Crippen LogP contribution in [0.2, 0.25) is 0 Å². The molecule has 8 heteroatoms. The molecule has 0 fully saturated rings. The first-order valence-electron chi connectivity index (χ1n) is 10.4. The normalized spacial score (nSPS) is 10.7. The molecule has 3 aromatic rings. The van der Waals surface area contributed by atoms with Gasteiger partial charge in [0.15, 0.2) is 11.5 Å². The molecule has 166 valence electrons. The van der Waals surface area contributed by atoms with Crippen molar-refractivity contribution in [2.75, 3.05) is 26.4 Å². The van der Waals surface area contributed by atoms with Crippen LogP contribution < -0.4 is 19.5 Å². The molecule has 0 saturated heterocycles. The number of aryl methyl sites for hydroxylation is 1. The molecule has 2 aromatic heterocycles. The van der Waals surface area contributed by atoms with Crippen LogP contribution in [0, 0.1) is 6.92 Å². The maximum atomic E-state index is 12.8. The van der Waals surface area contributed by atoms with E-state index in [0.717, 1.165) is 22.0 Å². The van der Waals surface area contributed by atoms with Crippen molar-refractivity contribution < 1.29 is 19.0 Å². The summed E-state index contributed by atoms with van der Waals surface area (Å²) in [6.45, 7) is 9.65. The van der Waals surface area contributed by atoms with Gasteiger partial charge in [-0.05, 0) is 58.4 Å². The lowest BCUT2D eigenvalue weighted by Crippen LogP contribution is -2.25. The number of amides is 1. The van der Waals surface area contributed by atoms with E-state index in [0.29, 0.717) is 49.2 Å². The van der Waals surface area contributed by atoms with Crippen LogP contribution in [0.25, 0.3) is 10.6 Å². The van der Waals surface area contributed by atoms with E-state index in [1.807, 2.05) is 27.7 Å². The SMILES string of the molecule is CCOc1cc(C(=O)NCCc2ccc(-c3csc(C)n3)s2)cc(OCC)c1OCC. The van der Waals surface area contributed by atoms with Gasteiger partial charge in [-0.1, -0.05) is 0 Å². The largest absolute Gasteiger partial charge is 0.490 e. The number of carbonyl (C=O) groups is 1. The molecule has 3 rings (SSSR count). The average Bonchev–Trinajstić information content (AvgIpc) is 3.39. The second-order valence-corrected chi connectivity index (χ2v) is 8.85. The average molecular weight is 461 g/mol. The molecule has 0 aliphatic rings. The third-order valence-corrected chi connectivity index (χ3v) is 6.30. The van der Waals surface area contributed by atoms with Crippen LogP contribution in [0.1, 0.15) is 41.0 Å². The Morgan fingerprint density at radius 2 is 1.71 bits per heavy atom. The Labute approximate surface area is 191 Å². The lowest BCUT2D eigenvalue weighted by atomic mass is 10.1. The molecule has 0 bridgehead atoms. The first-order valence-corrected chi connectivity index (χ1v) is 12.1. The molecule has 0 aliphatic heterocycles. The van der Waals surface area contributed by atoms with E-state index in [1.165, 1.54) is 4.88 Å². The third kappa shape index (κ3) is 5.98. The number of benzene rings is 1. The van der Waals surface area contributed by atoms with Gasteiger partial charge in [0.2, 0.25) is 5.75 Å². The fourth-order valence-corrected chi connectivity index (χ4v) is 4.70. The summed E-state index contributed by atoms with van der Waals surface area (Å²) < 4.78 is 17.1. The van der Waals surface area contributed by atoms with Crippen LogP contribution in [0.4, 0.5) is 0 Å². The minimum Gasteiger partial charge on any atom is -0.490 e. The molecule has 1 N–H and O–H groups in total. The molecular weight excluding hydrogens is 432 g/mol. The molecule has 0 spiro atoms. The van der Waals surface area contributed by atoms with E-state index in [2.05, 4.69) is 27.8 Å². The number of ether oxygens (including phenoxy) is 3. The zero-order valence-corrected chi connectivity index (χ0v) is 20.0. The minimum atomic E-state index is -0.170. The van der Waals surface area contributed by atoms with Gasteiger partial charge in [-0.3, -0.25) is 4.79 Å². The van der Waals surface area contributed by atoms with Gasteiger partial charge in [0.25, 0.3) is 5.91 Å². The lowest BCUT2D eigenvalue weighted by molar-refractivity contribution is 0.0953. The van der Waals surface area contributed by atoms with Gasteiger partial charge in [-0.25, -0.2) is 4.98 Å². The summed E-state index contributed by atoms with van der Waals surface area (Å²) in [6, 6.07) is 7.60. The summed E-state index contributed by atoms with van der Waals surface area (Å²) >= 11 is 3.36. The number of nitrogens with one attached hydrogen (secondary N) is 1. The molecule has 31 heavy (non-hydrogen) atoms. The van der Waals surface area contributed by atoms with Crippen LogP contribution in [0.5, 0.6) is 17.2 Å². The summed E-state index contributed by atoms with van der Waals surface area (Å²) in [5, 5.41) is 6.13. The monoisotopic (exact) mass is 460 g/mol. The minimum absolute atomic E-state index is 0.170. The fourth-order valence-electron chi connectivity index (χ4n) is 3.05. The predicted octanol–water partition coefficient (Wildman–Crippen LogP) is 5.35. The smallest absolute Gasteiger partial charge is 0.251 e. The first-order chi connectivity index (χ1) is 15.0. The van der Waals surface area contributed by atoms with Crippen LogP contribution in [-0.4, -0.2) is 37.3 Å². The zero-order valence-electron chi connectivity index (χ0n) is 18.3. The Kier molecular flexibility index (Phi) is 8.31. The van der Waals surface area contributed by atoms with Gasteiger partial charge in [0, 0.05) is 22.4 Å². The Balaban J connectivity index is 1.66. The van der Waals surface area contributed by atoms with Crippen molar-refractivity contribution in [3.05, 3.63) is 45.1 Å². The molecule has 0 unspecified atom stereocenters. The molecule has 1 aromatic carbocycles. The Morgan fingerprint density at radius 1 is 1.03 bits per heavy atom. The molecule has 2 heterocycles. The van der Waals surface area contributed by atoms with E-state index >= 15 is 0 Å².